The molecule has 3 nitrogen and oxygen atoms in total. The monoisotopic (exact) mass is 219 g/mol. The summed E-state index contributed by atoms with van der Waals surface area (Å²) in [5.41, 5.74) is 1.31. The van der Waals surface area contributed by atoms with Crippen LogP contribution in [0.1, 0.15) is 24.8 Å². The van der Waals surface area contributed by atoms with E-state index in [9.17, 15) is 4.79 Å². The maximum absolute atomic E-state index is 10.8. The van der Waals surface area contributed by atoms with Crippen molar-refractivity contribution < 1.29 is 9.53 Å². The lowest BCUT2D eigenvalue weighted by molar-refractivity contribution is -0.119. The third-order valence-corrected chi connectivity index (χ3v) is 3.06. The van der Waals surface area contributed by atoms with Gasteiger partial charge in [-0.25, -0.2) is 0 Å². The van der Waals surface area contributed by atoms with Crippen molar-refractivity contribution in [1.82, 2.24) is 5.32 Å². The third-order valence-electron chi connectivity index (χ3n) is 3.06. The molecule has 2 atom stereocenters. The van der Waals surface area contributed by atoms with Gasteiger partial charge in [-0.15, -0.1) is 0 Å². The smallest absolute Gasteiger partial charge is 0.216 e. The normalized spacial score (nSPS) is 22.6. The van der Waals surface area contributed by atoms with Gasteiger partial charge in [-0.1, -0.05) is 12.1 Å². The van der Waals surface area contributed by atoms with E-state index >= 15 is 0 Å². The van der Waals surface area contributed by atoms with Crippen molar-refractivity contribution in [3.8, 4) is 5.75 Å². The summed E-state index contributed by atoms with van der Waals surface area (Å²) in [7, 11) is 1.68. The molecule has 2 rings (SSSR count). The molecule has 1 aromatic rings. The fraction of sp³-hybridized carbons (Fsp3) is 0.462. The van der Waals surface area contributed by atoms with Gasteiger partial charge in [0, 0.05) is 13.5 Å². The van der Waals surface area contributed by atoms with Crippen LogP contribution < -0.4 is 10.1 Å². The lowest BCUT2D eigenvalue weighted by atomic mass is 10.1. The van der Waals surface area contributed by atoms with Crippen LogP contribution in [0, 0.1) is 5.92 Å². The summed E-state index contributed by atoms with van der Waals surface area (Å²) in [5, 5.41) is 2.87. The van der Waals surface area contributed by atoms with E-state index in [-0.39, 0.29) is 5.91 Å². The van der Waals surface area contributed by atoms with E-state index in [4.69, 9.17) is 4.74 Å². The Morgan fingerprint density at radius 3 is 3.06 bits per heavy atom. The number of carbonyl (C=O) groups is 1. The number of rotatable bonds is 4. The van der Waals surface area contributed by atoms with Crippen LogP contribution in [0.5, 0.6) is 5.75 Å². The second kappa shape index (κ2) is 4.56. The molecule has 1 aromatic carbocycles. The Hall–Kier alpha value is -1.51. The summed E-state index contributed by atoms with van der Waals surface area (Å²) in [6.07, 6.45) is 1.16. The minimum Gasteiger partial charge on any atom is -0.497 e. The summed E-state index contributed by atoms with van der Waals surface area (Å²) in [4.78, 5) is 10.8. The first-order chi connectivity index (χ1) is 7.70. The molecule has 0 bridgehead atoms. The van der Waals surface area contributed by atoms with E-state index in [0.717, 1.165) is 18.7 Å². The van der Waals surface area contributed by atoms with E-state index in [0.29, 0.717) is 11.8 Å². The number of nitrogens with one attached hydrogen (secondary N) is 1. The Morgan fingerprint density at radius 1 is 1.56 bits per heavy atom. The number of hydrogen-bond donors (Lipinski definition) is 1. The Balaban J connectivity index is 1.92. The highest BCUT2D eigenvalue weighted by atomic mass is 16.5. The largest absolute Gasteiger partial charge is 0.497 e. The second-order valence-electron chi connectivity index (χ2n) is 4.32. The van der Waals surface area contributed by atoms with Crippen LogP contribution in [0.2, 0.25) is 0 Å². The summed E-state index contributed by atoms with van der Waals surface area (Å²) >= 11 is 0. The van der Waals surface area contributed by atoms with Gasteiger partial charge < -0.3 is 10.1 Å². The molecular weight excluding hydrogens is 202 g/mol. The topological polar surface area (TPSA) is 38.3 Å². The Morgan fingerprint density at radius 2 is 2.38 bits per heavy atom. The predicted octanol–water partition coefficient (Wildman–Crippen LogP) is 1.93. The van der Waals surface area contributed by atoms with Crippen molar-refractivity contribution in [2.75, 3.05) is 13.7 Å². The van der Waals surface area contributed by atoms with Gasteiger partial charge in [0.1, 0.15) is 5.75 Å². The highest BCUT2D eigenvalue weighted by Gasteiger charge is 2.38. The summed E-state index contributed by atoms with van der Waals surface area (Å²) < 4.78 is 5.20. The lowest BCUT2D eigenvalue weighted by Gasteiger charge is -2.04. The van der Waals surface area contributed by atoms with E-state index in [2.05, 4.69) is 17.4 Å². The molecule has 0 saturated heterocycles. The molecule has 1 amide bonds. The van der Waals surface area contributed by atoms with E-state index in [1.807, 2.05) is 12.1 Å². The molecule has 0 spiro atoms. The van der Waals surface area contributed by atoms with Crippen LogP contribution >= 0.6 is 0 Å². The van der Waals surface area contributed by atoms with Crippen molar-refractivity contribution in [2.24, 2.45) is 5.92 Å². The first kappa shape index (κ1) is 11.0. The standard InChI is InChI=1S/C13H17NO2/c1-9(15)14-8-11-7-13(11)10-4-3-5-12(6-10)16-2/h3-6,11,13H,7-8H2,1-2H3,(H,14,15)/t11-,13+/m1/s1. The van der Waals surface area contributed by atoms with Crippen LogP contribution in [0.3, 0.4) is 0 Å². The van der Waals surface area contributed by atoms with E-state index < -0.39 is 0 Å². The molecule has 3 heteroatoms. The number of ether oxygens (including phenoxy) is 1. The van der Waals surface area contributed by atoms with Crippen molar-refractivity contribution >= 4 is 5.91 Å². The molecule has 1 N–H and O–H groups in total. The molecule has 0 aliphatic heterocycles. The molecular formula is C13H17NO2. The predicted molar refractivity (Wildman–Crippen MR) is 62.5 cm³/mol. The van der Waals surface area contributed by atoms with Crippen LogP contribution in [-0.2, 0) is 4.79 Å². The Bertz CT molecular complexity index is 389. The molecule has 16 heavy (non-hydrogen) atoms. The molecule has 0 radical (unpaired) electrons. The summed E-state index contributed by atoms with van der Waals surface area (Å²) in [6.45, 7) is 2.35. The molecule has 1 aliphatic rings. The number of amides is 1. The molecule has 0 aromatic heterocycles. The average molecular weight is 219 g/mol. The zero-order chi connectivity index (χ0) is 11.5. The molecule has 1 saturated carbocycles. The van der Waals surface area contributed by atoms with E-state index in [1.54, 1.807) is 14.0 Å². The average Bonchev–Trinajstić information content (AvgIpc) is 3.06. The second-order valence-corrected chi connectivity index (χ2v) is 4.32. The third kappa shape index (κ3) is 2.54. The molecule has 0 unspecified atom stereocenters. The molecule has 1 fully saturated rings. The number of methoxy groups -OCH3 is 1. The minimum atomic E-state index is 0.0521. The van der Waals surface area contributed by atoms with Gasteiger partial charge in [-0.3, -0.25) is 4.79 Å². The number of carbonyl (C=O) groups excluding carboxylic acids is 1. The molecule has 86 valence electrons. The van der Waals surface area contributed by atoms with Gasteiger partial charge in [0.25, 0.3) is 0 Å². The van der Waals surface area contributed by atoms with Crippen LogP contribution in [-0.4, -0.2) is 19.6 Å². The van der Waals surface area contributed by atoms with Crippen LogP contribution in [0.4, 0.5) is 0 Å². The number of benzene rings is 1. The molecule has 0 heterocycles. The zero-order valence-electron chi connectivity index (χ0n) is 9.69. The molecule has 1 aliphatic carbocycles. The number of hydrogen-bond acceptors (Lipinski definition) is 2. The SMILES string of the molecule is COc1cccc([C@@H]2C[C@@H]2CNC(C)=O)c1. The highest BCUT2D eigenvalue weighted by molar-refractivity contribution is 5.72. The maximum atomic E-state index is 10.8. The fourth-order valence-corrected chi connectivity index (χ4v) is 2.03. The van der Waals surface area contributed by atoms with Gasteiger partial charge in [-0.2, -0.15) is 0 Å². The Labute approximate surface area is 95.8 Å². The van der Waals surface area contributed by atoms with Crippen molar-refractivity contribution in [3.05, 3.63) is 29.8 Å². The van der Waals surface area contributed by atoms with Gasteiger partial charge >= 0.3 is 0 Å². The van der Waals surface area contributed by atoms with Crippen LogP contribution in [0.15, 0.2) is 24.3 Å². The first-order valence-electron chi connectivity index (χ1n) is 5.59. The quantitative estimate of drug-likeness (QED) is 0.840. The van der Waals surface area contributed by atoms with Gasteiger partial charge in [0.2, 0.25) is 5.91 Å². The minimum absolute atomic E-state index is 0.0521. The van der Waals surface area contributed by atoms with E-state index in [1.165, 1.54) is 5.56 Å². The zero-order valence-corrected chi connectivity index (χ0v) is 9.69. The lowest BCUT2D eigenvalue weighted by Crippen LogP contribution is -2.22. The summed E-state index contributed by atoms with van der Waals surface area (Å²) in [6, 6.07) is 8.18. The fourth-order valence-electron chi connectivity index (χ4n) is 2.03. The van der Waals surface area contributed by atoms with Gasteiger partial charge in [0.15, 0.2) is 0 Å². The van der Waals surface area contributed by atoms with Gasteiger partial charge in [-0.05, 0) is 36.0 Å². The maximum Gasteiger partial charge on any atom is 0.216 e. The van der Waals surface area contributed by atoms with Crippen LogP contribution in [0.25, 0.3) is 0 Å². The van der Waals surface area contributed by atoms with Crippen molar-refractivity contribution in [3.63, 3.8) is 0 Å². The first-order valence-corrected chi connectivity index (χ1v) is 5.59. The highest BCUT2D eigenvalue weighted by Crippen LogP contribution is 2.47. The summed E-state index contributed by atoms with van der Waals surface area (Å²) in [5.74, 6) is 2.14. The Kier molecular flexibility index (Phi) is 3.13. The van der Waals surface area contributed by atoms with Crippen molar-refractivity contribution in [2.45, 2.75) is 19.3 Å². The van der Waals surface area contributed by atoms with Gasteiger partial charge in [0.05, 0.1) is 7.11 Å². The van der Waals surface area contributed by atoms with Crippen molar-refractivity contribution in [1.29, 1.82) is 0 Å².